The van der Waals surface area contributed by atoms with Crippen LogP contribution in [-0.4, -0.2) is 4.98 Å². The van der Waals surface area contributed by atoms with Crippen LogP contribution in [0.2, 0.25) is 5.02 Å². The lowest BCUT2D eigenvalue weighted by molar-refractivity contribution is 0.509. The van der Waals surface area contributed by atoms with Crippen LogP contribution in [0, 0.1) is 11.6 Å². The maximum atomic E-state index is 13.3. The fourth-order valence-electron chi connectivity index (χ4n) is 1.76. The number of benzene rings is 2. The highest BCUT2D eigenvalue weighted by molar-refractivity contribution is 7.21. The zero-order chi connectivity index (χ0) is 13.6. The van der Waals surface area contributed by atoms with Gasteiger partial charge in [-0.2, -0.15) is 0 Å². The van der Waals surface area contributed by atoms with Crippen molar-refractivity contribution in [3.8, 4) is 10.6 Å². The van der Waals surface area contributed by atoms with Crippen LogP contribution < -0.4 is 5.73 Å². The quantitative estimate of drug-likeness (QED) is 0.673. The molecule has 0 bridgehead atoms. The van der Waals surface area contributed by atoms with Crippen LogP contribution in [0.5, 0.6) is 0 Å². The zero-order valence-corrected chi connectivity index (χ0v) is 11.0. The van der Waals surface area contributed by atoms with Gasteiger partial charge in [0.05, 0.1) is 10.2 Å². The fourth-order valence-corrected chi connectivity index (χ4v) is 2.91. The second kappa shape index (κ2) is 4.43. The highest BCUT2D eigenvalue weighted by atomic mass is 35.5. The number of nitrogens with zero attached hydrogens (tertiary/aromatic N) is 1. The summed E-state index contributed by atoms with van der Waals surface area (Å²) in [5, 5.41) is 1.11. The number of aromatic nitrogens is 1. The van der Waals surface area contributed by atoms with Gasteiger partial charge in [-0.3, -0.25) is 0 Å². The molecule has 0 amide bonds. The summed E-state index contributed by atoms with van der Waals surface area (Å²) in [6.45, 7) is 0. The Morgan fingerprint density at radius 3 is 2.63 bits per heavy atom. The van der Waals surface area contributed by atoms with Crippen molar-refractivity contribution in [2.24, 2.45) is 0 Å². The first-order valence-electron chi connectivity index (χ1n) is 5.35. The van der Waals surface area contributed by atoms with E-state index >= 15 is 0 Å². The average molecular weight is 297 g/mol. The summed E-state index contributed by atoms with van der Waals surface area (Å²) >= 11 is 7.23. The zero-order valence-electron chi connectivity index (χ0n) is 9.45. The van der Waals surface area contributed by atoms with Crippen molar-refractivity contribution in [2.45, 2.75) is 0 Å². The molecule has 0 saturated heterocycles. The molecule has 0 aliphatic heterocycles. The van der Waals surface area contributed by atoms with E-state index in [1.165, 1.54) is 11.3 Å². The Morgan fingerprint density at radius 1 is 1.11 bits per heavy atom. The lowest BCUT2D eigenvalue weighted by atomic mass is 10.2. The van der Waals surface area contributed by atoms with Gasteiger partial charge in [0.1, 0.15) is 5.01 Å². The molecule has 2 aromatic carbocycles. The minimum atomic E-state index is -0.967. The average Bonchev–Trinajstić information content (AvgIpc) is 2.76. The molecular weight excluding hydrogens is 290 g/mol. The number of anilines is 1. The van der Waals surface area contributed by atoms with E-state index in [2.05, 4.69) is 4.98 Å². The van der Waals surface area contributed by atoms with Gasteiger partial charge in [0.15, 0.2) is 11.6 Å². The van der Waals surface area contributed by atoms with Crippen molar-refractivity contribution >= 4 is 38.8 Å². The first-order valence-corrected chi connectivity index (χ1v) is 6.55. The number of thiazole rings is 1. The molecule has 19 heavy (non-hydrogen) atoms. The van der Waals surface area contributed by atoms with Gasteiger partial charge in [0, 0.05) is 22.3 Å². The molecule has 6 heteroatoms. The minimum absolute atomic E-state index is 0.157. The molecule has 0 aliphatic rings. The molecule has 0 aliphatic carbocycles. The second-order valence-corrected chi connectivity index (χ2v) is 5.45. The SMILES string of the molecule is Nc1cc(F)c(F)cc1-c1nc2cc(Cl)ccc2s1. The Kier molecular flexibility index (Phi) is 2.88. The molecule has 0 saturated carbocycles. The fraction of sp³-hybridized carbons (Fsp3) is 0. The third-order valence-corrected chi connectivity index (χ3v) is 3.98. The van der Waals surface area contributed by atoms with E-state index < -0.39 is 11.6 Å². The molecule has 96 valence electrons. The highest BCUT2D eigenvalue weighted by Crippen LogP contribution is 2.35. The van der Waals surface area contributed by atoms with Gasteiger partial charge in [-0.05, 0) is 24.3 Å². The predicted octanol–water partition coefficient (Wildman–Crippen LogP) is 4.48. The van der Waals surface area contributed by atoms with Crippen LogP contribution in [-0.2, 0) is 0 Å². The lowest BCUT2D eigenvalue weighted by Crippen LogP contribution is -1.94. The number of nitrogen functional groups attached to an aromatic ring is 1. The number of hydrogen-bond acceptors (Lipinski definition) is 3. The van der Waals surface area contributed by atoms with Crippen molar-refractivity contribution in [3.63, 3.8) is 0 Å². The van der Waals surface area contributed by atoms with Gasteiger partial charge >= 0.3 is 0 Å². The summed E-state index contributed by atoms with van der Waals surface area (Å²) in [6, 6.07) is 7.32. The van der Waals surface area contributed by atoms with Crippen molar-refractivity contribution in [1.82, 2.24) is 4.98 Å². The lowest BCUT2D eigenvalue weighted by Gasteiger charge is -2.02. The smallest absolute Gasteiger partial charge is 0.160 e. The summed E-state index contributed by atoms with van der Waals surface area (Å²) in [6.07, 6.45) is 0. The van der Waals surface area contributed by atoms with Crippen LogP contribution >= 0.6 is 22.9 Å². The van der Waals surface area contributed by atoms with Gasteiger partial charge in [-0.1, -0.05) is 11.6 Å². The van der Waals surface area contributed by atoms with Crippen LogP contribution in [0.3, 0.4) is 0 Å². The summed E-state index contributed by atoms with van der Waals surface area (Å²) in [5.74, 6) is -1.91. The molecule has 2 N–H and O–H groups in total. The molecule has 3 aromatic rings. The normalized spacial score (nSPS) is 11.1. The topological polar surface area (TPSA) is 38.9 Å². The van der Waals surface area contributed by atoms with Crippen molar-refractivity contribution in [3.05, 3.63) is 47.0 Å². The Bertz CT molecular complexity index is 786. The summed E-state index contributed by atoms with van der Waals surface area (Å²) < 4.78 is 27.2. The van der Waals surface area contributed by atoms with Crippen LogP contribution in [0.25, 0.3) is 20.8 Å². The monoisotopic (exact) mass is 296 g/mol. The van der Waals surface area contributed by atoms with Gasteiger partial charge in [-0.25, -0.2) is 13.8 Å². The number of halogens is 3. The standard InChI is InChI=1S/C13H7ClF2N2S/c14-6-1-2-12-11(3-6)18-13(19-12)7-4-8(15)9(16)5-10(7)17/h1-5H,17H2. The van der Waals surface area contributed by atoms with E-state index in [0.717, 1.165) is 16.8 Å². The number of rotatable bonds is 1. The van der Waals surface area contributed by atoms with Gasteiger partial charge in [-0.15, -0.1) is 11.3 Å². The van der Waals surface area contributed by atoms with Crippen molar-refractivity contribution in [2.75, 3.05) is 5.73 Å². The van der Waals surface area contributed by atoms with E-state index in [9.17, 15) is 8.78 Å². The summed E-state index contributed by atoms with van der Waals surface area (Å²) in [7, 11) is 0. The van der Waals surface area contributed by atoms with Crippen molar-refractivity contribution < 1.29 is 8.78 Å². The van der Waals surface area contributed by atoms with Crippen LogP contribution in [0.1, 0.15) is 0 Å². The second-order valence-electron chi connectivity index (χ2n) is 3.98. The molecule has 1 heterocycles. The Hall–Kier alpha value is -1.72. The molecule has 0 atom stereocenters. The predicted molar refractivity (Wildman–Crippen MR) is 74.4 cm³/mol. The van der Waals surface area contributed by atoms with E-state index in [1.807, 2.05) is 6.07 Å². The number of hydrogen-bond donors (Lipinski definition) is 1. The molecular formula is C13H7ClF2N2S. The summed E-state index contributed by atoms with van der Waals surface area (Å²) in [4.78, 5) is 4.34. The molecule has 3 rings (SSSR count). The third kappa shape index (κ3) is 2.15. The molecule has 0 unspecified atom stereocenters. The molecule has 2 nitrogen and oxygen atoms in total. The van der Waals surface area contributed by atoms with Crippen molar-refractivity contribution in [1.29, 1.82) is 0 Å². The molecule has 0 fully saturated rings. The van der Waals surface area contributed by atoms with Crippen LogP contribution in [0.4, 0.5) is 14.5 Å². The first-order chi connectivity index (χ1) is 9.04. The maximum absolute atomic E-state index is 13.3. The number of fused-ring (bicyclic) bond motifs is 1. The molecule has 0 spiro atoms. The van der Waals surface area contributed by atoms with Gasteiger partial charge in [0.25, 0.3) is 0 Å². The van der Waals surface area contributed by atoms with E-state index in [4.69, 9.17) is 17.3 Å². The summed E-state index contributed by atoms with van der Waals surface area (Å²) in [5.41, 5.74) is 6.96. The van der Waals surface area contributed by atoms with E-state index in [1.54, 1.807) is 12.1 Å². The van der Waals surface area contributed by atoms with E-state index in [-0.39, 0.29) is 5.69 Å². The Morgan fingerprint density at radius 2 is 1.84 bits per heavy atom. The maximum Gasteiger partial charge on any atom is 0.160 e. The number of nitrogens with two attached hydrogens (primary N) is 1. The largest absolute Gasteiger partial charge is 0.398 e. The molecule has 1 aromatic heterocycles. The van der Waals surface area contributed by atoms with E-state index in [0.29, 0.717) is 21.1 Å². The Balaban J connectivity index is 2.21. The van der Waals surface area contributed by atoms with Gasteiger partial charge < -0.3 is 5.73 Å². The molecule has 0 radical (unpaired) electrons. The van der Waals surface area contributed by atoms with Gasteiger partial charge in [0.2, 0.25) is 0 Å². The Labute approximate surface area is 116 Å². The first kappa shape index (κ1) is 12.3. The third-order valence-electron chi connectivity index (χ3n) is 2.67. The van der Waals surface area contributed by atoms with Crippen LogP contribution in [0.15, 0.2) is 30.3 Å². The minimum Gasteiger partial charge on any atom is -0.398 e. The highest BCUT2D eigenvalue weighted by Gasteiger charge is 2.13.